The van der Waals surface area contributed by atoms with Crippen molar-refractivity contribution in [2.45, 2.75) is 31.9 Å². The molecule has 0 aliphatic heterocycles. The summed E-state index contributed by atoms with van der Waals surface area (Å²) in [6.45, 7) is 2.59. The maximum absolute atomic E-state index is 8.90. The van der Waals surface area contributed by atoms with E-state index in [0.29, 0.717) is 6.04 Å². The Morgan fingerprint density at radius 3 is 2.80 bits per heavy atom. The third-order valence-electron chi connectivity index (χ3n) is 1.77. The Bertz CT molecular complexity index is 150. The molecule has 0 bridgehead atoms. The molecule has 1 aliphatic rings. The fourth-order valence-electron chi connectivity index (χ4n) is 1.04. The average molecular weight is 139 g/mol. The highest BCUT2D eigenvalue weighted by atomic mass is 16.3. The van der Waals surface area contributed by atoms with E-state index in [1.165, 1.54) is 0 Å². The van der Waals surface area contributed by atoms with Crippen LogP contribution in [0.2, 0.25) is 0 Å². The van der Waals surface area contributed by atoms with Gasteiger partial charge in [0.2, 0.25) is 0 Å². The Hall–Kier alpha value is -0.520. The molecule has 0 aromatic rings. The van der Waals surface area contributed by atoms with Crippen molar-refractivity contribution in [2.24, 2.45) is 0 Å². The van der Waals surface area contributed by atoms with Crippen molar-refractivity contribution in [1.29, 1.82) is 0 Å². The van der Waals surface area contributed by atoms with Crippen molar-refractivity contribution < 1.29 is 5.11 Å². The lowest BCUT2D eigenvalue weighted by Crippen LogP contribution is -2.44. The molecule has 0 amide bonds. The topological polar surface area (TPSA) is 32.3 Å². The first-order chi connectivity index (χ1) is 4.83. The van der Waals surface area contributed by atoms with Crippen LogP contribution in [0, 0.1) is 11.8 Å². The van der Waals surface area contributed by atoms with Crippen LogP contribution in [-0.2, 0) is 0 Å². The van der Waals surface area contributed by atoms with Gasteiger partial charge in [0.15, 0.2) is 0 Å². The number of nitrogens with one attached hydrogen (secondary N) is 1. The minimum atomic E-state index is -0.0629. The molecule has 1 saturated carbocycles. The van der Waals surface area contributed by atoms with E-state index in [0.717, 1.165) is 19.4 Å². The molecule has 0 saturated heterocycles. The lowest BCUT2D eigenvalue weighted by Gasteiger charge is -2.31. The number of aliphatic hydroxyl groups is 1. The van der Waals surface area contributed by atoms with Crippen LogP contribution in [0.15, 0.2) is 0 Å². The van der Waals surface area contributed by atoms with Gasteiger partial charge in [-0.1, -0.05) is 5.92 Å². The van der Waals surface area contributed by atoms with Gasteiger partial charge < -0.3 is 10.4 Å². The van der Waals surface area contributed by atoms with Gasteiger partial charge >= 0.3 is 0 Å². The second-order valence-electron chi connectivity index (χ2n) is 2.63. The molecule has 2 nitrogen and oxygen atoms in total. The summed E-state index contributed by atoms with van der Waals surface area (Å²) in [6.07, 6.45) is 1.73. The quantitative estimate of drug-likeness (QED) is 0.533. The molecular weight excluding hydrogens is 126 g/mol. The smallest absolute Gasteiger partial charge is 0.0578 e. The van der Waals surface area contributed by atoms with Gasteiger partial charge in [-0.05, 0) is 19.8 Å². The molecule has 0 unspecified atom stereocenters. The molecule has 0 spiro atoms. The Labute approximate surface area is 61.6 Å². The molecule has 0 atom stereocenters. The predicted molar refractivity (Wildman–Crippen MR) is 40.5 cm³/mol. The van der Waals surface area contributed by atoms with E-state index >= 15 is 0 Å². The van der Waals surface area contributed by atoms with Crippen LogP contribution in [0.5, 0.6) is 0 Å². The third kappa shape index (κ3) is 2.02. The number of aliphatic hydroxyl groups excluding tert-OH is 1. The highest BCUT2D eigenvalue weighted by Gasteiger charge is 2.25. The molecule has 0 aromatic heterocycles. The maximum Gasteiger partial charge on any atom is 0.0578 e. The Balaban J connectivity index is 1.98. The van der Waals surface area contributed by atoms with E-state index < -0.39 is 0 Å². The molecule has 1 rings (SSSR count). The maximum atomic E-state index is 8.90. The van der Waals surface area contributed by atoms with Crippen molar-refractivity contribution in [1.82, 2.24) is 5.32 Å². The Morgan fingerprint density at radius 2 is 2.30 bits per heavy atom. The fourth-order valence-corrected chi connectivity index (χ4v) is 1.04. The summed E-state index contributed by atoms with van der Waals surface area (Å²) in [4.78, 5) is 0. The SMILES string of the molecule is CC#CCNC1CC(O)C1. The summed E-state index contributed by atoms with van der Waals surface area (Å²) in [5.41, 5.74) is 0. The summed E-state index contributed by atoms with van der Waals surface area (Å²) in [6, 6.07) is 0.510. The van der Waals surface area contributed by atoms with E-state index in [9.17, 15) is 0 Å². The normalized spacial score (nSPS) is 30.2. The summed E-state index contributed by atoms with van der Waals surface area (Å²) in [7, 11) is 0. The second kappa shape index (κ2) is 3.60. The number of hydrogen-bond donors (Lipinski definition) is 2. The predicted octanol–water partition coefficient (Wildman–Crippen LogP) is 0.123. The van der Waals surface area contributed by atoms with Crippen LogP contribution >= 0.6 is 0 Å². The van der Waals surface area contributed by atoms with Gasteiger partial charge in [-0.3, -0.25) is 0 Å². The van der Waals surface area contributed by atoms with Gasteiger partial charge in [-0.25, -0.2) is 0 Å². The zero-order valence-electron chi connectivity index (χ0n) is 6.22. The second-order valence-corrected chi connectivity index (χ2v) is 2.63. The first-order valence-electron chi connectivity index (χ1n) is 3.64. The van der Waals surface area contributed by atoms with Crippen LogP contribution in [0.3, 0.4) is 0 Å². The van der Waals surface area contributed by atoms with E-state index in [1.807, 2.05) is 6.92 Å². The van der Waals surface area contributed by atoms with Gasteiger partial charge in [0.05, 0.1) is 12.6 Å². The van der Waals surface area contributed by atoms with E-state index in [4.69, 9.17) is 5.11 Å². The minimum absolute atomic E-state index is 0.0629. The Kier molecular flexibility index (Phi) is 2.73. The van der Waals surface area contributed by atoms with Crippen molar-refractivity contribution in [3.63, 3.8) is 0 Å². The number of rotatable bonds is 2. The van der Waals surface area contributed by atoms with Crippen LogP contribution in [-0.4, -0.2) is 23.8 Å². The van der Waals surface area contributed by atoms with E-state index in [1.54, 1.807) is 0 Å². The zero-order chi connectivity index (χ0) is 7.40. The third-order valence-corrected chi connectivity index (χ3v) is 1.77. The summed E-state index contributed by atoms with van der Waals surface area (Å²) in [5.74, 6) is 5.73. The molecular formula is C8H13NO. The van der Waals surface area contributed by atoms with Crippen molar-refractivity contribution in [3.8, 4) is 11.8 Å². The van der Waals surface area contributed by atoms with Gasteiger partial charge in [0, 0.05) is 6.04 Å². The lowest BCUT2D eigenvalue weighted by molar-refractivity contribution is 0.0643. The standard InChI is InChI=1S/C8H13NO/c1-2-3-4-9-7-5-8(10)6-7/h7-10H,4-6H2,1H3. The molecule has 2 heteroatoms. The van der Waals surface area contributed by atoms with Crippen LogP contribution in [0.4, 0.5) is 0 Å². The average Bonchev–Trinajstić information content (AvgIpc) is 1.85. The number of hydrogen-bond acceptors (Lipinski definition) is 2. The van der Waals surface area contributed by atoms with E-state index in [-0.39, 0.29) is 6.10 Å². The van der Waals surface area contributed by atoms with Crippen molar-refractivity contribution in [3.05, 3.63) is 0 Å². The van der Waals surface area contributed by atoms with Gasteiger partial charge in [0.25, 0.3) is 0 Å². The summed E-state index contributed by atoms with van der Waals surface area (Å²) >= 11 is 0. The van der Waals surface area contributed by atoms with Gasteiger partial charge in [-0.2, -0.15) is 0 Å². The lowest BCUT2D eigenvalue weighted by atomic mass is 9.90. The molecule has 0 radical (unpaired) electrons. The molecule has 2 N–H and O–H groups in total. The minimum Gasteiger partial charge on any atom is -0.393 e. The first-order valence-corrected chi connectivity index (χ1v) is 3.64. The molecule has 0 heterocycles. The molecule has 1 fully saturated rings. The Morgan fingerprint density at radius 1 is 1.60 bits per heavy atom. The summed E-state index contributed by atoms with van der Waals surface area (Å²) in [5, 5.41) is 12.1. The fraction of sp³-hybridized carbons (Fsp3) is 0.750. The van der Waals surface area contributed by atoms with Gasteiger partial charge in [-0.15, -0.1) is 5.92 Å². The first kappa shape index (κ1) is 7.59. The van der Waals surface area contributed by atoms with Gasteiger partial charge in [0.1, 0.15) is 0 Å². The van der Waals surface area contributed by atoms with Crippen LogP contribution < -0.4 is 5.32 Å². The van der Waals surface area contributed by atoms with Crippen LogP contribution in [0.25, 0.3) is 0 Å². The molecule has 56 valence electrons. The zero-order valence-corrected chi connectivity index (χ0v) is 6.22. The monoisotopic (exact) mass is 139 g/mol. The molecule has 0 aromatic carbocycles. The molecule has 10 heavy (non-hydrogen) atoms. The highest BCUT2D eigenvalue weighted by molar-refractivity contribution is 4.99. The molecule has 1 aliphatic carbocycles. The highest BCUT2D eigenvalue weighted by Crippen LogP contribution is 2.18. The van der Waals surface area contributed by atoms with Crippen LogP contribution in [0.1, 0.15) is 19.8 Å². The van der Waals surface area contributed by atoms with E-state index in [2.05, 4.69) is 17.2 Å². The summed E-state index contributed by atoms with van der Waals surface area (Å²) < 4.78 is 0. The van der Waals surface area contributed by atoms with Crippen molar-refractivity contribution >= 4 is 0 Å². The largest absolute Gasteiger partial charge is 0.393 e. The van der Waals surface area contributed by atoms with Crippen molar-refractivity contribution in [2.75, 3.05) is 6.54 Å².